The highest BCUT2D eigenvalue weighted by atomic mass is 16.3. The number of carbonyl (C=O) groups is 1. The number of nitrogens with zero attached hydrogens (tertiary/aromatic N) is 4. The maximum Gasteiger partial charge on any atom is 0.362 e. The van der Waals surface area contributed by atoms with Gasteiger partial charge in [-0.3, -0.25) is 0 Å². The Morgan fingerprint density at radius 2 is 1.33 bits per heavy atom. The predicted octanol–water partition coefficient (Wildman–Crippen LogP) is -0.0321. The summed E-state index contributed by atoms with van der Waals surface area (Å²) < 4.78 is 0. The first-order chi connectivity index (χ1) is 11.7. The Bertz CT molecular complexity index is 497. The standard InChI is InChI=1S/C15H24N4O5/c20-9-5-18(6-10-21)14-3-1-13(2-4-14)16-17-15(24)19(7-11-22)8-12-23/h1-4,20-23H,5-12H2. The van der Waals surface area contributed by atoms with Crippen molar-refractivity contribution in [3.8, 4) is 0 Å². The van der Waals surface area contributed by atoms with Crippen LogP contribution in [0.15, 0.2) is 34.5 Å². The molecule has 0 unspecified atom stereocenters. The third-order valence-corrected chi connectivity index (χ3v) is 3.22. The average molecular weight is 340 g/mol. The molecular weight excluding hydrogens is 316 g/mol. The summed E-state index contributed by atoms with van der Waals surface area (Å²) in [6, 6.07) is 6.20. The Kier molecular flexibility index (Phi) is 9.54. The van der Waals surface area contributed by atoms with Crippen LogP contribution >= 0.6 is 0 Å². The highest BCUT2D eigenvalue weighted by Crippen LogP contribution is 2.20. The number of hydrogen-bond acceptors (Lipinski definition) is 7. The molecule has 0 aliphatic heterocycles. The predicted molar refractivity (Wildman–Crippen MR) is 88.5 cm³/mol. The van der Waals surface area contributed by atoms with Crippen molar-refractivity contribution in [3.05, 3.63) is 24.3 Å². The number of urea groups is 1. The van der Waals surface area contributed by atoms with E-state index in [2.05, 4.69) is 10.2 Å². The van der Waals surface area contributed by atoms with E-state index >= 15 is 0 Å². The average Bonchev–Trinajstić information content (AvgIpc) is 2.60. The van der Waals surface area contributed by atoms with Gasteiger partial charge in [0.15, 0.2) is 0 Å². The number of carbonyl (C=O) groups excluding carboxylic acids is 1. The Labute approximate surface area is 140 Å². The van der Waals surface area contributed by atoms with Crippen molar-refractivity contribution in [2.24, 2.45) is 10.2 Å². The molecule has 0 fully saturated rings. The first-order valence-electron chi connectivity index (χ1n) is 7.65. The molecule has 0 aliphatic rings. The smallest absolute Gasteiger partial charge is 0.362 e. The van der Waals surface area contributed by atoms with E-state index in [1.54, 1.807) is 24.3 Å². The number of azo groups is 1. The van der Waals surface area contributed by atoms with Crippen LogP contribution in [0, 0.1) is 0 Å². The minimum Gasteiger partial charge on any atom is -0.395 e. The summed E-state index contributed by atoms with van der Waals surface area (Å²) in [4.78, 5) is 14.8. The second-order valence-electron chi connectivity index (χ2n) is 4.87. The second kappa shape index (κ2) is 11.5. The molecule has 0 atom stereocenters. The van der Waals surface area contributed by atoms with Gasteiger partial charge < -0.3 is 30.2 Å². The molecule has 1 aromatic carbocycles. The van der Waals surface area contributed by atoms with Crippen molar-refractivity contribution in [1.82, 2.24) is 4.90 Å². The van der Waals surface area contributed by atoms with Crippen LogP contribution in [0.25, 0.3) is 0 Å². The number of aliphatic hydroxyl groups excluding tert-OH is 4. The Hall–Kier alpha value is -2.07. The molecular formula is C15H24N4O5. The quantitative estimate of drug-likeness (QED) is 0.443. The molecule has 134 valence electrons. The number of aliphatic hydroxyl groups is 4. The van der Waals surface area contributed by atoms with Crippen LogP contribution in [0.3, 0.4) is 0 Å². The number of amides is 2. The molecule has 1 aromatic rings. The molecule has 9 heteroatoms. The molecule has 0 saturated carbocycles. The minimum absolute atomic E-state index is 0.0263. The molecule has 0 aromatic heterocycles. The van der Waals surface area contributed by atoms with Gasteiger partial charge in [0, 0.05) is 31.9 Å². The van der Waals surface area contributed by atoms with E-state index in [0.717, 1.165) is 5.69 Å². The van der Waals surface area contributed by atoms with Gasteiger partial charge in [0.2, 0.25) is 0 Å². The van der Waals surface area contributed by atoms with Crippen molar-refractivity contribution >= 4 is 17.4 Å². The summed E-state index contributed by atoms with van der Waals surface area (Å²) in [7, 11) is 0. The van der Waals surface area contributed by atoms with Crippen molar-refractivity contribution in [1.29, 1.82) is 0 Å². The third kappa shape index (κ3) is 6.59. The zero-order valence-electron chi connectivity index (χ0n) is 13.5. The fourth-order valence-corrected chi connectivity index (χ4v) is 2.05. The molecule has 0 aliphatic carbocycles. The fourth-order valence-electron chi connectivity index (χ4n) is 2.05. The molecule has 1 rings (SSSR count). The molecule has 0 bridgehead atoms. The van der Waals surface area contributed by atoms with E-state index in [1.165, 1.54) is 4.90 Å². The maximum absolute atomic E-state index is 11.8. The monoisotopic (exact) mass is 340 g/mol. The number of anilines is 1. The van der Waals surface area contributed by atoms with Gasteiger partial charge in [0.1, 0.15) is 0 Å². The summed E-state index contributed by atoms with van der Waals surface area (Å²) in [5, 5.41) is 43.2. The molecule has 9 nitrogen and oxygen atoms in total. The van der Waals surface area contributed by atoms with Crippen LogP contribution in [-0.4, -0.2) is 84.0 Å². The second-order valence-corrected chi connectivity index (χ2v) is 4.87. The van der Waals surface area contributed by atoms with Gasteiger partial charge in [-0.15, -0.1) is 5.11 Å². The molecule has 0 heterocycles. The van der Waals surface area contributed by atoms with E-state index in [1.807, 2.05) is 4.90 Å². The van der Waals surface area contributed by atoms with Gasteiger partial charge in [-0.2, -0.15) is 0 Å². The first kappa shape index (κ1) is 20.0. The van der Waals surface area contributed by atoms with Gasteiger partial charge in [-0.05, 0) is 24.3 Å². The van der Waals surface area contributed by atoms with E-state index < -0.39 is 6.03 Å². The molecule has 4 N–H and O–H groups in total. The topological polar surface area (TPSA) is 129 Å². The molecule has 24 heavy (non-hydrogen) atoms. The van der Waals surface area contributed by atoms with E-state index in [0.29, 0.717) is 18.8 Å². The highest BCUT2D eigenvalue weighted by Gasteiger charge is 2.11. The van der Waals surface area contributed by atoms with Crippen LogP contribution in [0.5, 0.6) is 0 Å². The minimum atomic E-state index is -0.635. The first-order valence-corrected chi connectivity index (χ1v) is 7.65. The zero-order valence-corrected chi connectivity index (χ0v) is 13.5. The third-order valence-electron chi connectivity index (χ3n) is 3.22. The van der Waals surface area contributed by atoms with Crippen molar-refractivity contribution in [3.63, 3.8) is 0 Å². The summed E-state index contributed by atoms with van der Waals surface area (Å²) >= 11 is 0. The van der Waals surface area contributed by atoms with Gasteiger partial charge in [0.05, 0.1) is 32.1 Å². The molecule has 0 saturated heterocycles. The van der Waals surface area contributed by atoms with Gasteiger partial charge >= 0.3 is 6.03 Å². The summed E-state index contributed by atoms with van der Waals surface area (Å²) in [6.45, 7) is 0.462. The maximum atomic E-state index is 11.8. The molecule has 0 radical (unpaired) electrons. The van der Waals surface area contributed by atoms with E-state index in [4.69, 9.17) is 20.4 Å². The lowest BCUT2D eigenvalue weighted by Gasteiger charge is -2.22. The lowest BCUT2D eigenvalue weighted by molar-refractivity contribution is 0.164. The van der Waals surface area contributed by atoms with Crippen LogP contribution in [0.1, 0.15) is 0 Å². The van der Waals surface area contributed by atoms with Crippen LogP contribution in [-0.2, 0) is 0 Å². The largest absolute Gasteiger partial charge is 0.395 e. The van der Waals surface area contributed by atoms with Crippen LogP contribution < -0.4 is 4.90 Å². The summed E-state index contributed by atoms with van der Waals surface area (Å²) in [6.07, 6.45) is 0. The molecule has 2 amide bonds. The van der Waals surface area contributed by atoms with Gasteiger partial charge in [0.25, 0.3) is 0 Å². The Balaban J connectivity index is 2.72. The van der Waals surface area contributed by atoms with Gasteiger partial charge in [-0.1, -0.05) is 5.11 Å². The summed E-state index contributed by atoms with van der Waals surface area (Å²) in [5.41, 5.74) is 1.28. The Morgan fingerprint density at radius 3 is 1.79 bits per heavy atom. The zero-order chi connectivity index (χ0) is 17.8. The van der Waals surface area contributed by atoms with Crippen molar-refractivity contribution < 1.29 is 25.2 Å². The lowest BCUT2D eigenvalue weighted by atomic mass is 10.2. The number of hydrogen-bond donors (Lipinski definition) is 4. The number of benzene rings is 1. The number of rotatable bonds is 10. The SMILES string of the molecule is O=C(N=Nc1ccc(N(CCO)CCO)cc1)N(CCO)CCO. The summed E-state index contributed by atoms with van der Waals surface area (Å²) in [5.74, 6) is 0. The Morgan fingerprint density at radius 1 is 0.833 bits per heavy atom. The van der Waals surface area contributed by atoms with Crippen molar-refractivity contribution in [2.75, 3.05) is 57.5 Å². The van der Waals surface area contributed by atoms with Gasteiger partial charge in [-0.25, -0.2) is 4.79 Å². The van der Waals surface area contributed by atoms with Crippen LogP contribution in [0.4, 0.5) is 16.2 Å². The van der Waals surface area contributed by atoms with E-state index in [-0.39, 0.29) is 39.5 Å². The normalized spacial score (nSPS) is 11.0. The highest BCUT2D eigenvalue weighted by molar-refractivity contribution is 5.74. The fraction of sp³-hybridized carbons (Fsp3) is 0.533. The van der Waals surface area contributed by atoms with E-state index in [9.17, 15) is 4.79 Å². The molecule has 0 spiro atoms. The lowest BCUT2D eigenvalue weighted by Crippen LogP contribution is -2.33. The van der Waals surface area contributed by atoms with Crippen LogP contribution in [0.2, 0.25) is 0 Å². The van der Waals surface area contributed by atoms with Crippen molar-refractivity contribution in [2.45, 2.75) is 0 Å².